The van der Waals surface area contributed by atoms with Crippen LogP contribution in [0.3, 0.4) is 0 Å². The van der Waals surface area contributed by atoms with Gasteiger partial charge in [-0.3, -0.25) is 14.9 Å². The van der Waals surface area contributed by atoms with E-state index in [0.29, 0.717) is 39.5 Å². The molecule has 39 heavy (non-hydrogen) atoms. The predicted molar refractivity (Wildman–Crippen MR) is 145 cm³/mol. The molecule has 4 N–H and O–H groups in total. The Morgan fingerprint density at radius 3 is 2.77 bits per heavy atom. The van der Waals surface area contributed by atoms with Gasteiger partial charge in [0.2, 0.25) is 5.91 Å². The lowest BCUT2D eigenvalue weighted by molar-refractivity contribution is -0.122. The first-order valence-corrected chi connectivity index (χ1v) is 12.6. The van der Waals surface area contributed by atoms with Gasteiger partial charge in [0.15, 0.2) is 0 Å². The molecule has 1 fully saturated rings. The molecule has 0 bridgehead atoms. The third-order valence-corrected chi connectivity index (χ3v) is 7.17. The Balaban J connectivity index is 1.27. The molecule has 0 unspecified atom stereocenters. The number of rotatable bonds is 5. The fourth-order valence-corrected chi connectivity index (χ4v) is 4.95. The van der Waals surface area contributed by atoms with E-state index in [2.05, 4.69) is 30.5 Å². The van der Waals surface area contributed by atoms with Crippen molar-refractivity contribution in [2.24, 2.45) is 5.92 Å². The van der Waals surface area contributed by atoms with Crippen LogP contribution >= 0.6 is 0 Å². The number of halogens is 1. The summed E-state index contributed by atoms with van der Waals surface area (Å²) in [6.45, 7) is 0. The summed E-state index contributed by atoms with van der Waals surface area (Å²) in [4.78, 5) is 29.3. The second-order valence-corrected chi connectivity index (χ2v) is 9.75. The largest absolute Gasteiger partial charge is 0.508 e. The van der Waals surface area contributed by atoms with E-state index in [1.807, 2.05) is 24.3 Å². The zero-order valence-corrected chi connectivity index (χ0v) is 20.6. The first-order valence-electron chi connectivity index (χ1n) is 12.6. The lowest BCUT2D eigenvalue weighted by atomic mass is 9.85. The number of carbonyl (C=O) groups excluding carboxylic acids is 1. The van der Waals surface area contributed by atoms with Crippen LogP contribution in [0.1, 0.15) is 19.3 Å². The lowest BCUT2D eigenvalue weighted by Gasteiger charge is -2.24. The number of aromatic nitrogens is 6. The van der Waals surface area contributed by atoms with Gasteiger partial charge in [-0.2, -0.15) is 5.10 Å². The Morgan fingerprint density at radius 1 is 1.05 bits per heavy atom. The number of carbonyl (C=O) groups is 1. The molecule has 6 aromatic rings. The van der Waals surface area contributed by atoms with Gasteiger partial charge in [-0.05, 0) is 66.4 Å². The summed E-state index contributed by atoms with van der Waals surface area (Å²) in [5, 5.41) is 21.2. The first kappa shape index (κ1) is 23.0. The van der Waals surface area contributed by atoms with E-state index in [-0.39, 0.29) is 17.6 Å². The van der Waals surface area contributed by atoms with Gasteiger partial charge in [-0.15, -0.1) is 0 Å². The molecule has 0 saturated heterocycles. The van der Waals surface area contributed by atoms with E-state index >= 15 is 0 Å². The van der Waals surface area contributed by atoms with Crippen LogP contribution in [0.15, 0.2) is 67.1 Å². The maximum atomic E-state index is 14.0. The summed E-state index contributed by atoms with van der Waals surface area (Å²) in [5.41, 5.74) is 6.61. The fraction of sp³-hybridized carbons (Fsp3) is 0.138. The van der Waals surface area contributed by atoms with Crippen molar-refractivity contribution in [3.05, 3.63) is 72.9 Å². The molecule has 5 aromatic heterocycles. The van der Waals surface area contributed by atoms with E-state index in [4.69, 9.17) is 4.98 Å². The maximum Gasteiger partial charge on any atom is 0.227 e. The predicted octanol–water partition coefficient (Wildman–Crippen LogP) is 5.81. The van der Waals surface area contributed by atoms with Crippen LogP contribution < -0.4 is 5.32 Å². The van der Waals surface area contributed by atoms with Gasteiger partial charge in [-0.25, -0.2) is 14.4 Å². The van der Waals surface area contributed by atoms with Crippen molar-refractivity contribution in [3.63, 3.8) is 0 Å². The minimum atomic E-state index is -0.526. The van der Waals surface area contributed by atoms with Crippen LogP contribution in [0.5, 0.6) is 5.75 Å². The monoisotopic (exact) mass is 519 g/mol. The minimum Gasteiger partial charge on any atom is -0.508 e. The van der Waals surface area contributed by atoms with Crippen LogP contribution in [0.4, 0.5) is 10.1 Å². The smallest absolute Gasteiger partial charge is 0.227 e. The number of nitrogens with one attached hydrogen (secondary N) is 3. The van der Waals surface area contributed by atoms with Gasteiger partial charge < -0.3 is 15.4 Å². The highest BCUT2D eigenvalue weighted by atomic mass is 19.1. The van der Waals surface area contributed by atoms with Gasteiger partial charge in [0.25, 0.3) is 0 Å². The zero-order valence-electron chi connectivity index (χ0n) is 20.6. The Hall–Kier alpha value is -5.12. The number of hydrogen-bond donors (Lipinski definition) is 4. The minimum absolute atomic E-state index is 0.0287. The van der Waals surface area contributed by atoms with Crippen molar-refractivity contribution in [2.75, 3.05) is 5.32 Å². The third kappa shape index (κ3) is 4.15. The van der Waals surface area contributed by atoms with Gasteiger partial charge in [0.1, 0.15) is 28.4 Å². The molecule has 7 rings (SSSR count). The molecule has 1 saturated carbocycles. The van der Waals surface area contributed by atoms with Crippen molar-refractivity contribution in [2.45, 2.75) is 19.3 Å². The number of aromatic hydroxyl groups is 1. The van der Waals surface area contributed by atoms with E-state index in [0.717, 1.165) is 47.4 Å². The molecule has 192 valence electrons. The number of anilines is 1. The molecule has 9 nitrogen and oxygen atoms in total. The van der Waals surface area contributed by atoms with Gasteiger partial charge in [-0.1, -0.05) is 6.42 Å². The molecule has 5 heterocycles. The van der Waals surface area contributed by atoms with E-state index in [1.54, 1.807) is 24.7 Å². The SMILES string of the molecule is O=C(Nc1cncc(-c2ccc3[nH]nc(-c4cc5c(-c6cc(O)cc(F)c6)ccnc5[nH]4)c3n2)c1)C1CCC1. The number of benzene rings is 1. The Morgan fingerprint density at radius 2 is 1.95 bits per heavy atom. The number of fused-ring (bicyclic) bond motifs is 2. The average molecular weight is 520 g/mol. The number of phenolic OH excluding ortho intramolecular Hbond substituents is 1. The zero-order chi connectivity index (χ0) is 26.5. The highest BCUT2D eigenvalue weighted by Gasteiger charge is 2.25. The summed E-state index contributed by atoms with van der Waals surface area (Å²) in [6, 6.07) is 13.3. The van der Waals surface area contributed by atoms with Crippen LogP contribution in [-0.2, 0) is 4.79 Å². The molecule has 0 radical (unpaired) electrons. The maximum absolute atomic E-state index is 14.0. The molecule has 1 amide bonds. The number of hydrogen-bond acceptors (Lipinski definition) is 6. The highest BCUT2D eigenvalue weighted by Crippen LogP contribution is 2.35. The Labute approximate surface area is 221 Å². The van der Waals surface area contributed by atoms with Crippen LogP contribution in [0, 0.1) is 11.7 Å². The van der Waals surface area contributed by atoms with Gasteiger partial charge in [0.05, 0.1) is 28.8 Å². The van der Waals surface area contributed by atoms with Crippen molar-refractivity contribution >= 4 is 33.7 Å². The number of nitrogens with zero attached hydrogens (tertiary/aromatic N) is 4. The molecule has 0 spiro atoms. The van der Waals surface area contributed by atoms with Crippen molar-refractivity contribution < 1.29 is 14.3 Å². The summed E-state index contributed by atoms with van der Waals surface area (Å²) in [7, 11) is 0. The average Bonchev–Trinajstić information content (AvgIpc) is 3.50. The number of H-pyrrole nitrogens is 2. The molecule has 10 heteroatoms. The van der Waals surface area contributed by atoms with Crippen molar-refractivity contribution in [3.8, 4) is 39.5 Å². The van der Waals surface area contributed by atoms with Gasteiger partial charge >= 0.3 is 0 Å². The second-order valence-electron chi connectivity index (χ2n) is 9.75. The van der Waals surface area contributed by atoms with Crippen LogP contribution in [0.2, 0.25) is 0 Å². The van der Waals surface area contributed by atoms with Crippen molar-refractivity contribution in [1.82, 2.24) is 30.1 Å². The number of pyridine rings is 3. The third-order valence-electron chi connectivity index (χ3n) is 7.17. The van der Waals surface area contributed by atoms with E-state index in [9.17, 15) is 14.3 Å². The summed E-state index contributed by atoms with van der Waals surface area (Å²) >= 11 is 0. The molecule has 1 aromatic carbocycles. The molecule has 0 aliphatic heterocycles. The molecular weight excluding hydrogens is 497 g/mol. The first-order chi connectivity index (χ1) is 19.0. The molecular formula is C29H22FN7O2. The standard InChI is InChI=1S/C29H22FN7O2/c30-18-8-16(10-20(38)11-18)21-6-7-32-28-22(21)12-25(35-28)27-26-24(36-37-27)5-4-23(34-26)17-9-19(14-31-13-17)33-29(39)15-2-1-3-15/h4-15,38H,1-3H2,(H,32,35)(H,33,39)(H,36,37). The van der Waals surface area contributed by atoms with E-state index < -0.39 is 5.82 Å². The number of aromatic amines is 2. The second kappa shape index (κ2) is 9.02. The van der Waals surface area contributed by atoms with Gasteiger partial charge in [0, 0.05) is 35.3 Å². The Bertz CT molecular complexity index is 1870. The molecule has 1 aliphatic rings. The van der Waals surface area contributed by atoms with E-state index in [1.165, 1.54) is 12.1 Å². The quantitative estimate of drug-likeness (QED) is 0.227. The van der Waals surface area contributed by atoms with Crippen LogP contribution in [-0.4, -0.2) is 41.1 Å². The number of amides is 1. The lowest BCUT2D eigenvalue weighted by Crippen LogP contribution is -2.28. The summed E-state index contributed by atoms with van der Waals surface area (Å²) in [5.74, 6) is -0.570. The summed E-state index contributed by atoms with van der Waals surface area (Å²) in [6.07, 6.45) is 7.92. The molecule has 0 atom stereocenters. The van der Waals surface area contributed by atoms with Crippen LogP contribution in [0.25, 0.3) is 55.8 Å². The molecule has 1 aliphatic carbocycles. The normalized spacial score (nSPS) is 13.6. The highest BCUT2D eigenvalue weighted by molar-refractivity contribution is 5.99. The fourth-order valence-electron chi connectivity index (χ4n) is 4.95. The Kier molecular flexibility index (Phi) is 5.32. The number of phenols is 1. The topological polar surface area (TPSA) is 132 Å². The summed E-state index contributed by atoms with van der Waals surface area (Å²) < 4.78 is 14.0. The van der Waals surface area contributed by atoms with Crippen molar-refractivity contribution in [1.29, 1.82) is 0 Å².